The van der Waals surface area contributed by atoms with E-state index in [-0.39, 0.29) is 5.82 Å². The number of nitrogens with zero attached hydrogens (tertiary/aromatic N) is 3. The van der Waals surface area contributed by atoms with Crippen LogP contribution in [0.1, 0.15) is 37.4 Å². The maximum Gasteiger partial charge on any atom is 0.222 e. The molecule has 5 nitrogen and oxygen atoms in total. The number of aromatic nitrogens is 2. The number of amides is 1. The van der Waals surface area contributed by atoms with Crippen LogP contribution in [0.25, 0.3) is 11.0 Å². The highest BCUT2D eigenvalue weighted by Gasteiger charge is 2.25. The number of carbonyl (C=O) groups is 1. The van der Waals surface area contributed by atoms with Gasteiger partial charge in [0.05, 0.1) is 11.0 Å². The van der Waals surface area contributed by atoms with Crippen LogP contribution >= 0.6 is 0 Å². The number of H-pyrrole nitrogens is 1. The van der Waals surface area contributed by atoms with Crippen molar-refractivity contribution in [2.45, 2.75) is 31.6 Å². The Kier molecular flexibility index (Phi) is 4.22. The minimum atomic E-state index is -0.232. The van der Waals surface area contributed by atoms with Crippen molar-refractivity contribution in [3.8, 4) is 0 Å². The van der Waals surface area contributed by atoms with Crippen LogP contribution in [0.4, 0.5) is 4.39 Å². The largest absolute Gasteiger partial charge is 0.342 e. The molecule has 3 heterocycles. The van der Waals surface area contributed by atoms with Gasteiger partial charge in [0, 0.05) is 32.0 Å². The summed E-state index contributed by atoms with van der Waals surface area (Å²) in [6.07, 6.45) is 3.83. The molecule has 0 bridgehead atoms. The van der Waals surface area contributed by atoms with Gasteiger partial charge in [-0.3, -0.25) is 4.79 Å². The highest BCUT2D eigenvalue weighted by Crippen LogP contribution is 2.28. The molecule has 0 spiro atoms. The minimum absolute atomic E-state index is 0.232. The van der Waals surface area contributed by atoms with E-state index in [9.17, 15) is 9.18 Å². The Labute approximate surface area is 140 Å². The van der Waals surface area contributed by atoms with Crippen LogP contribution in [-0.4, -0.2) is 58.4 Å². The molecule has 0 unspecified atom stereocenters. The van der Waals surface area contributed by atoms with Crippen molar-refractivity contribution in [1.82, 2.24) is 19.8 Å². The predicted molar refractivity (Wildman–Crippen MR) is 90.3 cm³/mol. The topological polar surface area (TPSA) is 52.2 Å². The lowest BCUT2D eigenvalue weighted by Gasteiger charge is -2.32. The zero-order chi connectivity index (χ0) is 16.5. The fourth-order valence-corrected chi connectivity index (χ4v) is 3.83. The van der Waals surface area contributed by atoms with Gasteiger partial charge in [0.2, 0.25) is 5.91 Å². The first-order chi connectivity index (χ1) is 11.7. The van der Waals surface area contributed by atoms with Crippen molar-refractivity contribution in [2.24, 2.45) is 0 Å². The first kappa shape index (κ1) is 15.6. The molecule has 0 aliphatic carbocycles. The van der Waals surface area contributed by atoms with E-state index in [4.69, 9.17) is 0 Å². The second-order valence-electron chi connectivity index (χ2n) is 6.88. The van der Waals surface area contributed by atoms with E-state index >= 15 is 0 Å². The van der Waals surface area contributed by atoms with E-state index in [1.54, 1.807) is 6.07 Å². The van der Waals surface area contributed by atoms with Crippen molar-refractivity contribution in [2.75, 3.05) is 32.7 Å². The first-order valence-corrected chi connectivity index (χ1v) is 8.84. The van der Waals surface area contributed by atoms with Gasteiger partial charge in [0.1, 0.15) is 11.6 Å². The van der Waals surface area contributed by atoms with Crippen LogP contribution in [0.15, 0.2) is 18.2 Å². The molecule has 0 radical (unpaired) electrons. The third kappa shape index (κ3) is 3.15. The summed E-state index contributed by atoms with van der Waals surface area (Å²) >= 11 is 0. The second-order valence-corrected chi connectivity index (χ2v) is 6.88. The van der Waals surface area contributed by atoms with Crippen molar-refractivity contribution in [1.29, 1.82) is 0 Å². The third-order valence-electron chi connectivity index (χ3n) is 5.29. The second kappa shape index (κ2) is 6.51. The average molecular weight is 330 g/mol. The summed E-state index contributed by atoms with van der Waals surface area (Å²) in [5.41, 5.74) is 1.61. The standard InChI is InChI=1S/C18H23FN4O/c19-14-3-4-15-16(12-14)21-18(20-15)13-5-8-22(9-6-13)10-11-23-7-1-2-17(23)24/h3-4,12-13H,1-2,5-11H2,(H,20,21). The van der Waals surface area contributed by atoms with E-state index in [2.05, 4.69) is 14.9 Å². The Morgan fingerprint density at radius 3 is 2.79 bits per heavy atom. The third-order valence-corrected chi connectivity index (χ3v) is 5.29. The van der Waals surface area contributed by atoms with Gasteiger partial charge in [-0.05, 0) is 50.6 Å². The molecule has 1 amide bonds. The van der Waals surface area contributed by atoms with Gasteiger partial charge < -0.3 is 14.8 Å². The molecule has 6 heteroatoms. The van der Waals surface area contributed by atoms with Crippen LogP contribution in [0.2, 0.25) is 0 Å². The summed E-state index contributed by atoms with van der Waals surface area (Å²) < 4.78 is 13.3. The lowest BCUT2D eigenvalue weighted by molar-refractivity contribution is -0.127. The minimum Gasteiger partial charge on any atom is -0.342 e. The zero-order valence-electron chi connectivity index (χ0n) is 13.8. The van der Waals surface area contributed by atoms with Crippen molar-refractivity contribution in [3.63, 3.8) is 0 Å². The number of rotatable bonds is 4. The monoisotopic (exact) mass is 330 g/mol. The van der Waals surface area contributed by atoms with Gasteiger partial charge in [0.25, 0.3) is 0 Å². The van der Waals surface area contributed by atoms with Crippen LogP contribution in [0, 0.1) is 5.82 Å². The van der Waals surface area contributed by atoms with E-state index < -0.39 is 0 Å². The zero-order valence-corrected chi connectivity index (χ0v) is 13.8. The number of fused-ring (bicyclic) bond motifs is 1. The van der Waals surface area contributed by atoms with Crippen LogP contribution in [0.5, 0.6) is 0 Å². The van der Waals surface area contributed by atoms with Crippen molar-refractivity contribution >= 4 is 16.9 Å². The summed E-state index contributed by atoms with van der Waals surface area (Å²) in [6, 6.07) is 4.69. The van der Waals surface area contributed by atoms with Gasteiger partial charge in [-0.15, -0.1) is 0 Å². The fraction of sp³-hybridized carbons (Fsp3) is 0.556. The molecule has 0 atom stereocenters. The summed E-state index contributed by atoms with van der Waals surface area (Å²) in [7, 11) is 0. The Morgan fingerprint density at radius 1 is 1.21 bits per heavy atom. The van der Waals surface area contributed by atoms with Crippen molar-refractivity contribution in [3.05, 3.63) is 29.8 Å². The Balaban J connectivity index is 1.32. The molecule has 2 saturated heterocycles. The number of nitrogens with one attached hydrogen (secondary N) is 1. The highest BCUT2D eigenvalue weighted by molar-refractivity contribution is 5.78. The number of carbonyl (C=O) groups excluding carboxylic acids is 1. The fourth-order valence-electron chi connectivity index (χ4n) is 3.83. The Morgan fingerprint density at radius 2 is 2.04 bits per heavy atom. The molecular formula is C18H23FN4O. The van der Waals surface area contributed by atoms with Gasteiger partial charge in [-0.1, -0.05) is 0 Å². The maximum atomic E-state index is 13.3. The number of piperidine rings is 1. The molecule has 2 aliphatic heterocycles. The van der Waals surface area contributed by atoms with E-state index in [0.717, 1.165) is 68.8 Å². The Hall–Kier alpha value is -1.95. The van der Waals surface area contributed by atoms with Gasteiger partial charge in [-0.2, -0.15) is 0 Å². The first-order valence-electron chi connectivity index (χ1n) is 8.84. The highest BCUT2D eigenvalue weighted by atomic mass is 19.1. The summed E-state index contributed by atoms with van der Waals surface area (Å²) in [5, 5.41) is 0. The maximum absolute atomic E-state index is 13.3. The van der Waals surface area contributed by atoms with E-state index in [1.165, 1.54) is 12.1 Å². The number of halogens is 1. The van der Waals surface area contributed by atoms with Crippen LogP contribution in [0.3, 0.4) is 0 Å². The smallest absolute Gasteiger partial charge is 0.222 e. The normalized spacial score (nSPS) is 20.4. The number of benzene rings is 1. The lowest BCUT2D eigenvalue weighted by Crippen LogP contribution is -2.39. The summed E-state index contributed by atoms with van der Waals surface area (Å²) in [6.45, 7) is 4.79. The van der Waals surface area contributed by atoms with Gasteiger partial charge in [-0.25, -0.2) is 9.37 Å². The molecule has 1 N–H and O–H groups in total. The van der Waals surface area contributed by atoms with Crippen LogP contribution in [-0.2, 0) is 4.79 Å². The molecule has 2 fully saturated rings. The molecule has 4 rings (SSSR count). The summed E-state index contributed by atoms with van der Waals surface area (Å²) in [4.78, 5) is 24.0. The molecular weight excluding hydrogens is 307 g/mol. The Bertz CT molecular complexity index is 736. The quantitative estimate of drug-likeness (QED) is 0.937. The molecule has 24 heavy (non-hydrogen) atoms. The van der Waals surface area contributed by atoms with Gasteiger partial charge in [0.15, 0.2) is 0 Å². The molecule has 2 aliphatic rings. The number of hydrogen-bond acceptors (Lipinski definition) is 3. The molecule has 1 aromatic carbocycles. The van der Waals surface area contributed by atoms with Crippen LogP contribution < -0.4 is 0 Å². The summed E-state index contributed by atoms with van der Waals surface area (Å²) in [5.74, 6) is 1.46. The van der Waals surface area contributed by atoms with E-state index in [1.807, 2.05) is 4.90 Å². The van der Waals surface area contributed by atoms with E-state index in [0.29, 0.717) is 18.2 Å². The molecule has 128 valence electrons. The number of likely N-dealkylation sites (tertiary alicyclic amines) is 2. The van der Waals surface area contributed by atoms with Crippen molar-refractivity contribution < 1.29 is 9.18 Å². The molecule has 1 aromatic heterocycles. The predicted octanol–water partition coefficient (Wildman–Crippen LogP) is 2.50. The molecule has 2 aromatic rings. The molecule has 0 saturated carbocycles. The lowest BCUT2D eigenvalue weighted by atomic mass is 9.96. The van der Waals surface area contributed by atoms with Gasteiger partial charge >= 0.3 is 0 Å². The SMILES string of the molecule is O=C1CCCN1CCN1CCC(c2nc3ccc(F)cc3[nH]2)CC1. The number of hydrogen-bond donors (Lipinski definition) is 1. The number of aromatic amines is 1. The number of imidazole rings is 1. The average Bonchev–Trinajstić information content (AvgIpc) is 3.19.